The largest absolute Gasteiger partial charge is 0.507 e. The van der Waals surface area contributed by atoms with E-state index in [9.17, 15) is 9.90 Å². The van der Waals surface area contributed by atoms with Crippen molar-refractivity contribution in [2.45, 2.75) is 96.3 Å². The molecule has 0 unspecified atom stereocenters. The zero-order valence-corrected chi connectivity index (χ0v) is 24.9. The van der Waals surface area contributed by atoms with E-state index in [1.807, 2.05) is 36.4 Å². The van der Waals surface area contributed by atoms with Crippen molar-refractivity contribution in [3.63, 3.8) is 0 Å². The molecule has 2 aromatic rings. The standard InChI is InChI=1S/C15H12O2.3C6H11.Sn/c16-14(12-7-3-1-4-8-12)11-15(17)13-9-5-2-6-10-13;3*1-2-4-6-5-3-1;/h1-11,16H;3*1H,2-6H2;/q;3*-1;/p+1/b14-11-;;;;. The predicted molar refractivity (Wildman–Crippen MR) is 157 cm³/mol. The molecule has 0 saturated heterocycles. The number of aliphatic hydroxyl groups excluding tert-OH is 1. The van der Waals surface area contributed by atoms with Crippen LogP contribution in [0.4, 0.5) is 0 Å². The molecular formula is C33H46O2Sn-2. The molecule has 3 saturated carbocycles. The number of allylic oxidation sites excluding steroid dienone is 1. The van der Waals surface area contributed by atoms with E-state index in [1.165, 1.54) is 102 Å². The summed E-state index contributed by atoms with van der Waals surface area (Å²) >= 11 is 0. The third-order valence-electron chi connectivity index (χ3n) is 6.36. The molecule has 0 heterocycles. The molecule has 2 nitrogen and oxygen atoms in total. The van der Waals surface area contributed by atoms with Gasteiger partial charge in [0.1, 0.15) is 5.76 Å². The van der Waals surface area contributed by atoms with Crippen molar-refractivity contribution in [3.05, 3.63) is 97.1 Å². The number of hydrogen-bond acceptors (Lipinski definition) is 1. The molecule has 3 heteroatoms. The van der Waals surface area contributed by atoms with Gasteiger partial charge >= 0.3 is 5.78 Å². The molecule has 0 spiro atoms. The summed E-state index contributed by atoms with van der Waals surface area (Å²) in [5.74, 6) is 0.0962. The Labute approximate surface area is 237 Å². The molecule has 36 heavy (non-hydrogen) atoms. The molecule has 3 fully saturated rings. The van der Waals surface area contributed by atoms with Gasteiger partial charge in [0.15, 0.2) is 0 Å². The molecule has 0 bridgehead atoms. The Bertz CT molecular complexity index is 726. The van der Waals surface area contributed by atoms with Gasteiger partial charge in [-0.1, -0.05) is 106 Å². The van der Waals surface area contributed by atoms with Crippen molar-refractivity contribution in [2.24, 2.45) is 0 Å². The molecule has 196 valence electrons. The normalized spacial score (nSPS) is 17.3. The molecule has 2 N–H and O–H groups in total. The third-order valence-corrected chi connectivity index (χ3v) is 6.36. The van der Waals surface area contributed by atoms with E-state index >= 15 is 0 Å². The fourth-order valence-electron chi connectivity index (χ4n) is 4.21. The van der Waals surface area contributed by atoms with Gasteiger partial charge in [-0.25, -0.2) is 0 Å². The molecular weight excluding hydrogens is 547 g/mol. The maximum atomic E-state index is 9.83. The molecule has 0 amide bonds. The van der Waals surface area contributed by atoms with Gasteiger partial charge in [0.05, 0.1) is 11.6 Å². The fraction of sp³-hybridized carbons (Fsp3) is 0.455. The summed E-state index contributed by atoms with van der Waals surface area (Å²) in [5, 5.41) is 9.83. The zero-order chi connectivity index (χ0) is 24.8. The SMILES string of the molecule is O/C(=C\C(=[OH+])c1ccccc1)c1ccccc1.[CH-]1CCCCC1.[CH-]1CCCCC1.[CH-]1CCCCC1.[Sn]. The first-order valence-electron chi connectivity index (χ1n) is 13.8. The van der Waals surface area contributed by atoms with Crippen LogP contribution in [0.2, 0.25) is 0 Å². The van der Waals surface area contributed by atoms with E-state index in [0.717, 1.165) is 0 Å². The molecule has 0 atom stereocenters. The average molecular weight is 593 g/mol. The summed E-state index contributed by atoms with van der Waals surface area (Å²) in [6.45, 7) is 0. The van der Waals surface area contributed by atoms with Crippen LogP contribution in [-0.4, -0.2) is 39.6 Å². The second-order valence-electron chi connectivity index (χ2n) is 9.43. The van der Waals surface area contributed by atoms with E-state index in [4.69, 9.17) is 0 Å². The summed E-state index contributed by atoms with van der Waals surface area (Å²) in [7, 11) is 0. The molecule has 0 aliphatic heterocycles. The van der Waals surface area contributed by atoms with Crippen LogP contribution < -0.4 is 0 Å². The van der Waals surface area contributed by atoms with E-state index in [2.05, 4.69) is 19.3 Å². The predicted octanol–water partition coefficient (Wildman–Crippen LogP) is 9.26. The Hall–Kier alpha value is -1.55. The maximum absolute atomic E-state index is 9.83. The molecule has 2 aromatic carbocycles. The van der Waals surface area contributed by atoms with Crippen LogP contribution in [0.1, 0.15) is 107 Å². The first kappa shape index (κ1) is 32.5. The Morgan fingerprint density at radius 2 is 0.889 bits per heavy atom. The summed E-state index contributed by atoms with van der Waals surface area (Å²) in [6, 6.07) is 18.2. The van der Waals surface area contributed by atoms with Crippen LogP contribution in [0.5, 0.6) is 0 Å². The van der Waals surface area contributed by atoms with Crippen molar-refractivity contribution < 1.29 is 9.90 Å². The fourth-order valence-corrected chi connectivity index (χ4v) is 4.21. The van der Waals surface area contributed by atoms with E-state index < -0.39 is 0 Å². The Morgan fingerprint density at radius 3 is 1.17 bits per heavy atom. The summed E-state index contributed by atoms with van der Waals surface area (Å²) in [6.07, 6.45) is 29.9. The monoisotopic (exact) mass is 594 g/mol. The van der Waals surface area contributed by atoms with Gasteiger partial charge in [-0.3, -0.25) is 4.79 Å². The Balaban J connectivity index is 0.000000279. The quantitative estimate of drug-likeness (QED) is 0.0946. The van der Waals surface area contributed by atoms with Crippen molar-refractivity contribution in [2.75, 3.05) is 0 Å². The number of rotatable bonds is 3. The maximum Gasteiger partial charge on any atom is 0.350 e. The molecule has 0 aromatic heterocycles. The minimum Gasteiger partial charge on any atom is -0.507 e. The molecule has 4 radical (unpaired) electrons. The smallest absolute Gasteiger partial charge is 0.350 e. The van der Waals surface area contributed by atoms with Gasteiger partial charge < -0.3 is 24.4 Å². The minimum atomic E-state index is 0. The Morgan fingerprint density at radius 1 is 0.556 bits per heavy atom. The van der Waals surface area contributed by atoms with Gasteiger partial charge in [0.25, 0.3) is 0 Å². The van der Waals surface area contributed by atoms with Crippen LogP contribution in [0, 0.1) is 19.3 Å². The van der Waals surface area contributed by atoms with Gasteiger partial charge in [-0.2, -0.15) is 38.5 Å². The van der Waals surface area contributed by atoms with Gasteiger partial charge in [0, 0.05) is 29.5 Å². The van der Waals surface area contributed by atoms with Crippen LogP contribution in [0.25, 0.3) is 5.76 Å². The number of carbonyl (C=O) groups excluding carboxylic acids is 1. The molecule has 3 aliphatic carbocycles. The topological polar surface area (TPSA) is 41.6 Å². The summed E-state index contributed by atoms with van der Waals surface area (Å²) in [5.41, 5.74) is 1.35. The van der Waals surface area contributed by atoms with Gasteiger partial charge in [-0.05, 0) is 12.1 Å². The van der Waals surface area contributed by atoms with E-state index in [-0.39, 0.29) is 35.4 Å². The number of hydrogen-bond donors (Lipinski definition) is 1. The van der Waals surface area contributed by atoms with E-state index in [0.29, 0.717) is 11.1 Å². The van der Waals surface area contributed by atoms with Crippen molar-refractivity contribution in [3.8, 4) is 0 Å². The van der Waals surface area contributed by atoms with Gasteiger partial charge in [-0.15, -0.1) is 0 Å². The number of aliphatic hydroxyl groups is 1. The average Bonchev–Trinajstić information content (AvgIpc) is 2.98. The second kappa shape index (κ2) is 22.6. The van der Waals surface area contributed by atoms with E-state index in [1.54, 1.807) is 24.3 Å². The summed E-state index contributed by atoms with van der Waals surface area (Å²) < 4.78 is 0. The first-order valence-corrected chi connectivity index (χ1v) is 13.8. The van der Waals surface area contributed by atoms with Crippen LogP contribution in [0.3, 0.4) is 0 Å². The van der Waals surface area contributed by atoms with Crippen LogP contribution >= 0.6 is 0 Å². The van der Waals surface area contributed by atoms with Gasteiger partial charge in [0.2, 0.25) is 0 Å². The third kappa shape index (κ3) is 16.2. The number of benzene rings is 2. The Kier molecular flexibility index (Phi) is 20.4. The summed E-state index contributed by atoms with van der Waals surface area (Å²) in [4.78, 5) is 9.83. The van der Waals surface area contributed by atoms with Crippen molar-refractivity contribution >= 4 is 35.4 Å². The first-order chi connectivity index (χ1) is 17.3. The van der Waals surface area contributed by atoms with Crippen molar-refractivity contribution in [1.29, 1.82) is 0 Å². The second-order valence-corrected chi connectivity index (χ2v) is 9.43. The number of ketones is 1. The van der Waals surface area contributed by atoms with Crippen LogP contribution in [0.15, 0.2) is 66.7 Å². The molecule has 5 rings (SSSR count). The minimum absolute atomic E-state index is 0. The molecule has 3 aliphatic rings. The van der Waals surface area contributed by atoms with Crippen molar-refractivity contribution in [1.82, 2.24) is 0 Å². The van der Waals surface area contributed by atoms with Crippen LogP contribution in [-0.2, 0) is 0 Å². The zero-order valence-electron chi connectivity index (χ0n) is 22.1.